The van der Waals surface area contributed by atoms with E-state index in [1.54, 1.807) is 0 Å². The molecule has 1 N–H and O–H groups in total. The molecule has 0 spiro atoms. The molecular weight excluding hydrogens is 194 g/mol. The zero-order chi connectivity index (χ0) is 10.2. The van der Waals surface area contributed by atoms with Gasteiger partial charge in [-0.05, 0) is 24.7 Å². The Morgan fingerprint density at radius 1 is 1.64 bits per heavy atom. The normalized spacial score (nSPS) is 19.1. The van der Waals surface area contributed by atoms with E-state index in [2.05, 4.69) is 25.2 Å². The zero-order valence-corrected chi connectivity index (χ0v) is 10.0. The molecule has 1 atom stereocenters. The van der Waals surface area contributed by atoms with E-state index >= 15 is 0 Å². The molecule has 0 aromatic rings. The highest BCUT2D eigenvalue weighted by atomic mass is 32.2. The second kappa shape index (κ2) is 7.32. The minimum absolute atomic E-state index is 0.600. The number of nitrogens with one attached hydrogen (secondary N) is 1. The number of hydrogen-bond donors (Lipinski definition) is 1. The third kappa shape index (κ3) is 5.03. The van der Waals surface area contributed by atoms with Gasteiger partial charge in [-0.15, -0.1) is 0 Å². The van der Waals surface area contributed by atoms with Crippen molar-refractivity contribution in [1.29, 1.82) is 0 Å². The molecule has 1 aliphatic heterocycles. The van der Waals surface area contributed by atoms with E-state index in [-0.39, 0.29) is 0 Å². The van der Waals surface area contributed by atoms with Crippen LogP contribution < -0.4 is 5.32 Å². The van der Waals surface area contributed by atoms with Crippen LogP contribution in [0.25, 0.3) is 0 Å². The van der Waals surface area contributed by atoms with Gasteiger partial charge in [-0.2, -0.15) is 11.8 Å². The van der Waals surface area contributed by atoms with Gasteiger partial charge < -0.3 is 10.1 Å². The summed E-state index contributed by atoms with van der Waals surface area (Å²) >= 11 is 1.99. The van der Waals surface area contributed by atoms with Crippen molar-refractivity contribution >= 4 is 11.8 Å². The molecule has 14 heavy (non-hydrogen) atoms. The maximum atomic E-state index is 5.38. The van der Waals surface area contributed by atoms with Crippen LogP contribution in [0.15, 0.2) is 11.6 Å². The van der Waals surface area contributed by atoms with Crippen molar-refractivity contribution in [1.82, 2.24) is 5.32 Å². The van der Waals surface area contributed by atoms with Gasteiger partial charge in [0, 0.05) is 18.3 Å². The third-order valence-corrected chi connectivity index (χ3v) is 3.38. The lowest BCUT2D eigenvalue weighted by Crippen LogP contribution is -2.31. The largest absolute Gasteiger partial charge is 0.377 e. The van der Waals surface area contributed by atoms with Crippen molar-refractivity contribution < 1.29 is 4.74 Å². The Morgan fingerprint density at radius 2 is 2.50 bits per heavy atom. The summed E-state index contributed by atoms with van der Waals surface area (Å²) < 4.78 is 5.38. The average Bonchev–Trinajstić information content (AvgIpc) is 2.25. The standard InChI is InChI=1S/C11H21NOS/c1-3-14-9-10(2)12-7-11-5-4-6-13-8-11/h5,10,12H,3-4,6-9H2,1-2H3. The minimum Gasteiger partial charge on any atom is -0.377 e. The first-order valence-corrected chi connectivity index (χ1v) is 6.55. The van der Waals surface area contributed by atoms with E-state index in [1.807, 2.05) is 11.8 Å². The Labute approximate surface area is 91.5 Å². The summed E-state index contributed by atoms with van der Waals surface area (Å²) in [6, 6.07) is 0.600. The lowest BCUT2D eigenvalue weighted by atomic mass is 10.2. The molecule has 1 heterocycles. The number of rotatable bonds is 6. The summed E-state index contributed by atoms with van der Waals surface area (Å²) in [5.74, 6) is 2.41. The molecule has 1 unspecified atom stereocenters. The van der Waals surface area contributed by atoms with Crippen LogP contribution in [0, 0.1) is 0 Å². The smallest absolute Gasteiger partial charge is 0.0689 e. The molecule has 3 heteroatoms. The van der Waals surface area contributed by atoms with Gasteiger partial charge in [-0.1, -0.05) is 13.0 Å². The van der Waals surface area contributed by atoms with Gasteiger partial charge in [0.15, 0.2) is 0 Å². The van der Waals surface area contributed by atoms with Crippen LogP contribution in [0.3, 0.4) is 0 Å². The summed E-state index contributed by atoms with van der Waals surface area (Å²) in [6.07, 6.45) is 3.38. The molecule has 1 rings (SSSR count). The van der Waals surface area contributed by atoms with Gasteiger partial charge >= 0.3 is 0 Å². The van der Waals surface area contributed by atoms with Crippen molar-refractivity contribution in [2.24, 2.45) is 0 Å². The molecule has 0 aromatic carbocycles. The second-order valence-corrected chi connectivity index (χ2v) is 4.96. The predicted octanol–water partition coefficient (Wildman–Crippen LogP) is 2.06. The molecule has 0 aromatic heterocycles. The summed E-state index contributed by atoms with van der Waals surface area (Å²) in [5.41, 5.74) is 1.41. The van der Waals surface area contributed by atoms with E-state index in [0.717, 1.165) is 26.2 Å². The fourth-order valence-electron chi connectivity index (χ4n) is 1.39. The van der Waals surface area contributed by atoms with Crippen molar-refractivity contribution in [3.8, 4) is 0 Å². The molecule has 82 valence electrons. The van der Waals surface area contributed by atoms with Crippen LogP contribution in [-0.2, 0) is 4.74 Å². The first-order valence-electron chi connectivity index (χ1n) is 5.39. The number of hydrogen-bond acceptors (Lipinski definition) is 3. The van der Waals surface area contributed by atoms with Crippen molar-refractivity contribution in [3.05, 3.63) is 11.6 Å². The molecule has 2 nitrogen and oxygen atoms in total. The summed E-state index contributed by atoms with van der Waals surface area (Å²) in [5, 5.41) is 3.52. The predicted molar refractivity (Wildman–Crippen MR) is 64.0 cm³/mol. The Bertz CT molecular complexity index is 182. The van der Waals surface area contributed by atoms with E-state index < -0.39 is 0 Å². The van der Waals surface area contributed by atoms with E-state index in [0.29, 0.717) is 6.04 Å². The fraction of sp³-hybridized carbons (Fsp3) is 0.818. The summed E-state index contributed by atoms with van der Waals surface area (Å²) in [6.45, 7) is 7.15. The SMILES string of the molecule is CCSCC(C)NCC1=CCCOC1. The zero-order valence-electron chi connectivity index (χ0n) is 9.21. The molecule has 0 fully saturated rings. The number of thioether (sulfide) groups is 1. The van der Waals surface area contributed by atoms with Crippen LogP contribution in [0.2, 0.25) is 0 Å². The summed E-state index contributed by atoms with van der Waals surface area (Å²) in [4.78, 5) is 0. The van der Waals surface area contributed by atoms with Gasteiger partial charge in [-0.3, -0.25) is 0 Å². The third-order valence-electron chi connectivity index (χ3n) is 2.23. The topological polar surface area (TPSA) is 21.3 Å². The molecular formula is C11H21NOS. The number of ether oxygens (including phenoxy) is 1. The van der Waals surface area contributed by atoms with E-state index in [1.165, 1.54) is 17.1 Å². The molecule has 0 bridgehead atoms. The Hall–Kier alpha value is 0.01000. The quantitative estimate of drug-likeness (QED) is 0.685. The van der Waals surface area contributed by atoms with Gasteiger partial charge in [-0.25, -0.2) is 0 Å². The maximum Gasteiger partial charge on any atom is 0.0689 e. The van der Waals surface area contributed by atoms with Crippen molar-refractivity contribution in [3.63, 3.8) is 0 Å². The average molecular weight is 215 g/mol. The second-order valence-electron chi connectivity index (χ2n) is 3.65. The minimum atomic E-state index is 0.600. The van der Waals surface area contributed by atoms with Crippen LogP contribution >= 0.6 is 11.8 Å². The highest BCUT2D eigenvalue weighted by molar-refractivity contribution is 7.99. The van der Waals surface area contributed by atoms with Crippen LogP contribution in [-0.4, -0.2) is 37.3 Å². The van der Waals surface area contributed by atoms with Crippen molar-refractivity contribution in [2.75, 3.05) is 31.3 Å². The molecule has 0 aliphatic carbocycles. The summed E-state index contributed by atoms with van der Waals surface area (Å²) in [7, 11) is 0. The fourth-order valence-corrected chi connectivity index (χ4v) is 2.10. The molecule has 1 aliphatic rings. The Balaban J connectivity index is 2.09. The van der Waals surface area contributed by atoms with Gasteiger partial charge in [0.05, 0.1) is 13.2 Å². The first kappa shape index (κ1) is 12.1. The van der Waals surface area contributed by atoms with E-state index in [4.69, 9.17) is 4.74 Å². The Morgan fingerprint density at radius 3 is 3.14 bits per heavy atom. The maximum absolute atomic E-state index is 5.38. The van der Waals surface area contributed by atoms with Gasteiger partial charge in [0.2, 0.25) is 0 Å². The van der Waals surface area contributed by atoms with E-state index in [9.17, 15) is 0 Å². The van der Waals surface area contributed by atoms with Gasteiger partial charge in [0.25, 0.3) is 0 Å². The van der Waals surface area contributed by atoms with Crippen LogP contribution in [0.4, 0.5) is 0 Å². The molecule has 0 radical (unpaired) electrons. The highest BCUT2D eigenvalue weighted by Gasteiger charge is 2.05. The van der Waals surface area contributed by atoms with Crippen molar-refractivity contribution in [2.45, 2.75) is 26.3 Å². The Kier molecular flexibility index (Phi) is 6.32. The lowest BCUT2D eigenvalue weighted by molar-refractivity contribution is 0.148. The lowest BCUT2D eigenvalue weighted by Gasteiger charge is -2.17. The van der Waals surface area contributed by atoms with Crippen LogP contribution in [0.1, 0.15) is 20.3 Å². The highest BCUT2D eigenvalue weighted by Crippen LogP contribution is 2.06. The molecule has 0 saturated carbocycles. The molecule has 0 saturated heterocycles. The monoisotopic (exact) mass is 215 g/mol. The van der Waals surface area contributed by atoms with Crippen LogP contribution in [0.5, 0.6) is 0 Å². The first-order chi connectivity index (χ1) is 6.83. The van der Waals surface area contributed by atoms with Gasteiger partial charge in [0.1, 0.15) is 0 Å². The molecule has 0 amide bonds.